The second-order valence-corrected chi connectivity index (χ2v) is 18.1. The highest BCUT2D eigenvalue weighted by atomic mass is 32.2. The highest BCUT2D eigenvalue weighted by molar-refractivity contribution is 7.99. The van der Waals surface area contributed by atoms with E-state index in [4.69, 9.17) is 5.10 Å². The van der Waals surface area contributed by atoms with Gasteiger partial charge in [-0.3, -0.25) is 9.48 Å². The van der Waals surface area contributed by atoms with Crippen LogP contribution in [0.1, 0.15) is 61.8 Å². The number of alkyl halides is 3. The van der Waals surface area contributed by atoms with Crippen molar-refractivity contribution in [2.45, 2.75) is 81.6 Å². The Hall–Kier alpha value is -2.21. The van der Waals surface area contributed by atoms with Gasteiger partial charge in [-0.15, -0.1) is 11.8 Å². The van der Waals surface area contributed by atoms with Crippen molar-refractivity contribution in [3.8, 4) is 11.3 Å². The number of aromatic nitrogens is 2. The van der Waals surface area contributed by atoms with Gasteiger partial charge in [0.05, 0.1) is 30.2 Å². The highest BCUT2D eigenvalue weighted by Crippen LogP contribution is 2.40. The van der Waals surface area contributed by atoms with Gasteiger partial charge in [0.1, 0.15) is 0 Å². The van der Waals surface area contributed by atoms with Gasteiger partial charge in [-0.1, -0.05) is 6.07 Å². The fraction of sp³-hybridized carbons (Fsp3) is 0.722. The molecule has 6 rings (SSSR count). The molecule has 0 bridgehead atoms. The fourth-order valence-corrected chi connectivity index (χ4v) is 10.1. The Kier molecular flexibility index (Phi) is 13.0. The molecule has 1 amide bonds. The number of piperidine rings is 3. The maximum Gasteiger partial charge on any atom is 0.417 e. The van der Waals surface area contributed by atoms with Crippen LogP contribution in [-0.2, 0) is 40.5 Å². The van der Waals surface area contributed by atoms with Crippen LogP contribution in [0.5, 0.6) is 0 Å². The highest BCUT2D eigenvalue weighted by Gasteiger charge is 2.36. The summed E-state index contributed by atoms with van der Waals surface area (Å²) in [5, 5.41) is 25.7. The number of likely N-dealkylation sites (tertiary alicyclic amines) is 3. The van der Waals surface area contributed by atoms with Gasteiger partial charge in [-0.2, -0.15) is 22.6 Å². The van der Waals surface area contributed by atoms with E-state index in [-0.39, 0.29) is 48.9 Å². The number of hydrogen-bond acceptors (Lipinski definition) is 9. The first-order valence-corrected chi connectivity index (χ1v) is 21.5. The Labute approximate surface area is 309 Å². The SMILES string of the molecule is CS(=O)(=O)N1CCc2c(c(-c3ccc(C(F)(F)F)c(SCCN4CCCC(CO)C4)c3)nn2CC(O)CN2CCC(C(=O)N3CCCCC3)CC2)C1. The molecule has 52 heavy (non-hydrogen) atoms. The molecular weight excluding hydrogens is 718 g/mol. The largest absolute Gasteiger partial charge is 0.417 e. The maximum atomic E-state index is 14.2. The molecule has 16 heteroatoms. The molecule has 11 nitrogen and oxygen atoms in total. The van der Waals surface area contributed by atoms with E-state index in [1.807, 2.05) is 4.90 Å². The molecular formula is C36H53F3N6O5S2. The van der Waals surface area contributed by atoms with E-state index in [1.165, 1.54) is 22.9 Å². The van der Waals surface area contributed by atoms with E-state index < -0.39 is 27.9 Å². The number of fused-ring (bicyclic) bond motifs is 1. The Morgan fingerprint density at radius 2 is 1.75 bits per heavy atom. The Morgan fingerprint density at radius 1 is 1.00 bits per heavy atom. The zero-order valence-electron chi connectivity index (χ0n) is 30.1. The third kappa shape index (κ3) is 9.71. The molecule has 2 N–H and O–H groups in total. The average Bonchev–Trinajstić information content (AvgIpc) is 3.48. The van der Waals surface area contributed by atoms with Gasteiger partial charge < -0.3 is 24.9 Å². The third-order valence-corrected chi connectivity index (χ3v) is 13.4. The number of β-amino-alcohol motifs (C(OH)–C–C–N with tert-alkyl or cyclic N) is 1. The quantitative estimate of drug-likeness (QED) is 0.311. The Bertz CT molecular complexity index is 1640. The molecule has 4 aliphatic rings. The van der Waals surface area contributed by atoms with E-state index in [2.05, 4.69) is 9.80 Å². The topological polar surface area (TPSA) is 122 Å². The summed E-state index contributed by atoms with van der Waals surface area (Å²) in [6.45, 7) is 6.21. The van der Waals surface area contributed by atoms with Crippen molar-refractivity contribution in [1.82, 2.24) is 28.8 Å². The molecule has 2 unspecified atom stereocenters. The molecule has 3 fully saturated rings. The summed E-state index contributed by atoms with van der Waals surface area (Å²) in [7, 11) is -3.54. The van der Waals surface area contributed by atoms with E-state index in [0.29, 0.717) is 55.2 Å². The van der Waals surface area contributed by atoms with E-state index in [9.17, 15) is 36.6 Å². The second kappa shape index (κ2) is 17.1. The number of aliphatic hydroxyl groups excluding tert-OH is 2. The molecule has 1 aromatic carbocycles. The molecule has 4 aliphatic heterocycles. The maximum absolute atomic E-state index is 14.2. The average molecular weight is 771 g/mol. The van der Waals surface area contributed by atoms with Crippen molar-refractivity contribution < 1.29 is 36.6 Å². The molecule has 1 aromatic heterocycles. The number of carbonyl (C=O) groups excluding carboxylic acids is 1. The lowest BCUT2D eigenvalue weighted by atomic mass is 9.94. The van der Waals surface area contributed by atoms with Crippen LogP contribution >= 0.6 is 11.8 Å². The molecule has 2 aromatic rings. The zero-order chi connectivity index (χ0) is 37.0. The summed E-state index contributed by atoms with van der Waals surface area (Å²) >= 11 is 1.14. The number of benzene rings is 1. The number of thioether (sulfide) groups is 1. The van der Waals surface area contributed by atoms with Crippen molar-refractivity contribution in [2.75, 3.05) is 77.5 Å². The summed E-state index contributed by atoms with van der Waals surface area (Å²) in [5.74, 6) is 0.891. The summed E-state index contributed by atoms with van der Waals surface area (Å²) in [4.78, 5) is 19.5. The molecule has 5 heterocycles. The van der Waals surface area contributed by atoms with Crippen LogP contribution < -0.4 is 0 Å². The predicted molar refractivity (Wildman–Crippen MR) is 194 cm³/mol. The molecule has 290 valence electrons. The number of carbonyl (C=O) groups is 1. The van der Waals surface area contributed by atoms with E-state index in [1.54, 1.807) is 4.68 Å². The fourth-order valence-electron chi connectivity index (χ4n) is 8.23. The number of halogens is 3. The van der Waals surface area contributed by atoms with Crippen LogP contribution in [0.15, 0.2) is 23.1 Å². The van der Waals surface area contributed by atoms with Gasteiger partial charge in [0.2, 0.25) is 15.9 Å². The number of aliphatic hydroxyl groups is 2. The first kappa shape index (κ1) is 39.5. The summed E-state index contributed by atoms with van der Waals surface area (Å²) in [5.41, 5.74) is 1.58. The Morgan fingerprint density at radius 3 is 2.44 bits per heavy atom. The summed E-state index contributed by atoms with van der Waals surface area (Å²) < 4.78 is 70.9. The zero-order valence-corrected chi connectivity index (χ0v) is 31.7. The summed E-state index contributed by atoms with van der Waals surface area (Å²) in [6.07, 6.45) is 2.85. The molecule has 2 atom stereocenters. The number of hydrogen-bond donors (Lipinski definition) is 2. The van der Waals surface area contributed by atoms with Crippen molar-refractivity contribution in [2.24, 2.45) is 11.8 Å². The number of nitrogens with zero attached hydrogens (tertiary/aromatic N) is 6. The van der Waals surface area contributed by atoms with Gasteiger partial charge in [-0.05, 0) is 82.6 Å². The number of amides is 1. The molecule has 0 spiro atoms. The van der Waals surface area contributed by atoms with Crippen molar-refractivity contribution in [3.05, 3.63) is 35.0 Å². The first-order chi connectivity index (χ1) is 24.8. The minimum atomic E-state index is -4.56. The van der Waals surface area contributed by atoms with E-state index in [0.717, 1.165) is 94.5 Å². The smallest absolute Gasteiger partial charge is 0.396 e. The van der Waals surface area contributed by atoms with E-state index >= 15 is 0 Å². The minimum Gasteiger partial charge on any atom is -0.396 e. The minimum absolute atomic E-state index is 0.0140. The molecule has 0 saturated carbocycles. The van der Waals surface area contributed by atoms with Gasteiger partial charge in [0, 0.05) is 92.2 Å². The normalized spacial score (nSPS) is 22.4. The van der Waals surface area contributed by atoms with Crippen molar-refractivity contribution in [3.63, 3.8) is 0 Å². The van der Waals surface area contributed by atoms with Gasteiger partial charge in [-0.25, -0.2) is 8.42 Å². The lowest BCUT2D eigenvalue weighted by Gasteiger charge is -2.36. The van der Waals surface area contributed by atoms with Crippen LogP contribution in [0.4, 0.5) is 13.2 Å². The van der Waals surface area contributed by atoms with Gasteiger partial charge in [0.25, 0.3) is 0 Å². The molecule has 3 saturated heterocycles. The van der Waals surface area contributed by atoms with Crippen LogP contribution in [0.25, 0.3) is 11.3 Å². The van der Waals surface area contributed by atoms with Crippen molar-refractivity contribution >= 4 is 27.7 Å². The standard InChI is InChI=1S/C36H53F3N6O5S2/c1-52(49,50)44-17-11-32-30(24-44)34(28-7-8-31(36(37,38)39)33(20-28)51-19-18-41-12-5-6-26(21-41)25-46)40-45(32)23-29(47)22-42-15-9-27(10-16-42)35(48)43-13-3-2-4-14-43/h7-8,20,26-27,29,46-47H,2-6,9-19,21-25H2,1H3. The van der Waals surface area contributed by atoms with Crippen LogP contribution in [-0.4, -0.2) is 137 Å². The lowest BCUT2D eigenvalue weighted by molar-refractivity contribution is -0.140. The van der Waals surface area contributed by atoms with Gasteiger partial charge >= 0.3 is 6.18 Å². The van der Waals surface area contributed by atoms with Crippen molar-refractivity contribution in [1.29, 1.82) is 0 Å². The van der Waals surface area contributed by atoms with Crippen LogP contribution in [0.3, 0.4) is 0 Å². The Balaban J connectivity index is 1.18. The predicted octanol–water partition coefficient (Wildman–Crippen LogP) is 3.77. The molecule has 0 aliphatic carbocycles. The first-order valence-electron chi connectivity index (χ1n) is 18.7. The number of sulfonamides is 1. The number of rotatable bonds is 12. The van der Waals surface area contributed by atoms with Crippen LogP contribution in [0, 0.1) is 11.8 Å². The second-order valence-electron chi connectivity index (χ2n) is 15.0. The monoisotopic (exact) mass is 770 g/mol. The molecule has 0 radical (unpaired) electrons. The van der Waals surface area contributed by atoms with Gasteiger partial charge in [0.15, 0.2) is 0 Å². The van der Waals surface area contributed by atoms with Crippen LogP contribution in [0.2, 0.25) is 0 Å². The lowest BCUT2D eigenvalue weighted by Crippen LogP contribution is -2.46. The third-order valence-electron chi connectivity index (χ3n) is 11.1. The summed E-state index contributed by atoms with van der Waals surface area (Å²) in [6, 6.07) is 4.00.